The first-order valence-corrected chi connectivity index (χ1v) is 9.13. The molecule has 1 atom stereocenters. The van der Waals surface area contributed by atoms with Crippen molar-refractivity contribution in [3.63, 3.8) is 0 Å². The molecule has 2 saturated heterocycles. The number of likely N-dealkylation sites (tertiary alicyclic amines) is 1. The Morgan fingerprint density at radius 3 is 2.52 bits per heavy atom. The van der Waals surface area contributed by atoms with E-state index in [4.69, 9.17) is 0 Å². The topological polar surface area (TPSA) is 55.9 Å². The third kappa shape index (κ3) is 4.12. The van der Waals surface area contributed by atoms with Crippen molar-refractivity contribution in [3.05, 3.63) is 35.9 Å². The molecule has 2 aliphatic heterocycles. The van der Waals surface area contributed by atoms with Gasteiger partial charge in [-0.2, -0.15) is 0 Å². The van der Waals surface area contributed by atoms with Gasteiger partial charge in [-0.05, 0) is 25.3 Å². The van der Waals surface area contributed by atoms with Crippen molar-refractivity contribution in [1.82, 2.24) is 20.0 Å². The van der Waals surface area contributed by atoms with Gasteiger partial charge >= 0.3 is 6.03 Å². The molecule has 1 aromatic rings. The van der Waals surface area contributed by atoms with Crippen molar-refractivity contribution >= 4 is 11.9 Å². The number of likely N-dealkylation sites (N-methyl/N-ethyl adjacent to an activating group) is 1. The second kappa shape index (κ2) is 7.87. The summed E-state index contributed by atoms with van der Waals surface area (Å²) in [5.74, 6) is 0.154. The van der Waals surface area contributed by atoms with Gasteiger partial charge < -0.3 is 15.1 Å². The maximum absolute atomic E-state index is 12.7. The Balaban J connectivity index is 1.50. The van der Waals surface area contributed by atoms with Gasteiger partial charge in [0, 0.05) is 45.8 Å². The summed E-state index contributed by atoms with van der Waals surface area (Å²) in [5, 5.41) is 2.87. The summed E-state index contributed by atoms with van der Waals surface area (Å²) >= 11 is 0. The van der Waals surface area contributed by atoms with E-state index in [-0.39, 0.29) is 18.0 Å². The van der Waals surface area contributed by atoms with Gasteiger partial charge in [-0.15, -0.1) is 0 Å². The number of benzene rings is 1. The Hall–Kier alpha value is -2.08. The molecule has 0 aromatic heterocycles. The van der Waals surface area contributed by atoms with Crippen LogP contribution in [0.4, 0.5) is 4.79 Å². The Bertz CT molecular complexity index is 599. The molecule has 6 heteroatoms. The maximum Gasteiger partial charge on any atom is 0.317 e. The zero-order chi connectivity index (χ0) is 17.8. The molecule has 0 saturated carbocycles. The second-order valence-corrected chi connectivity index (χ2v) is 7.05. The van der Waals surface area contributed by atoms with Crippen LogP contribution in [0.1, 0.15) is 25.3 Å². The normalized spacial score (nSPS) is 20.4. The first-order chi connectivity index (χ1) is 12.1. The van der Waals surface area contributed by atoms with Gasteiger partial charge in [0.2, 0.25) is 5.91 Å². The predicted molar refractivity (Wildman–Crippen MR) is 97.1 cm³/mol. The van der Waals surface area contributed by atoms with Crippen LogP contribution in [0.15, 0.2) is 30.3 Å². The van der Waals surface area contributed by atoms with Crippen LogP contribution < -0.4 is 5.32 Å². The van der Waals surface area contributed by atoms with Crippen molar-refractivity contribution < 1.29 is 9.59 Å². The van der Waals surface area contributed by atoms with Gasteiger partial charge in [0.1, 0.15) is 0 Å². The summed E-state index contributed by atoms with van der Waals surface area (Å²) in [5.41, 5.74) is 1.14. The number of piperidine rings is 1. The molecule has 1 aromatic carbocycles. The molecule has 2 aliphatic rings. The number of urea groups is 1. The average Bonchev–Trinajstić information content (AvgIpc) is 3.07. The van der Waals surface area contributed by atoms with E-state index < -0.39 is 0 Å². The van der Waals surface area contributed by atoms with Crippen LogP contribution in [0.5, 0.6) is 0 Å². The molecule has 0 aliphatic carbocycles. The Labute approximate surface area is 149 Å². The molecule has 6 nitrogen and oxygen atoms in total. The molecule has 2 heterocycles. The fourth-order valence-corrected chi connectivity index (χ4v) is 3.83. The monoisotopic (exact) mass is 344 g/mol. The summed E-state index contributed by atoms with van der Waals surface area (Å²) in [6, 6.07) is 10.3. The average molecular weight is 344 g/mol. The smallest absolute Gasteiger partial charge is 0.317 e. The Kier molecular flexibility index (Phi) is 5.58. The van der Waals surface area contributed by atoms with E-state index in [1.165, 1.54) is 0 Å². The van der Waals surface area contributed by atoms with E-state index in [1.807, 2.05) is 49.2 Å². The van der Waals surface area contributed by atoms with Crippen LogP contribution in [0.25, 0.3) is 0 Å². The highest BCUT2D eigenvalue weighted by molar-refractivity contribution is 5.81. The lowest BCUT2D eigenvalue weighted by molar-refractivity contribution is -0.136. The van der Waals surface area contributed by atoms with Crippen LogP contribution in [0.2, 0.25) is 0 Å². The van der Waals surface area contributed by atoms with E-state index >= 15 is 0 Å². The van der Waals surface area contributed by atoms with Gasteiger partial charge in [-0.1, -0.05) is 30.3 Å². The van der Waals surface area contributed by atoms with Crippen LogP contribution in [-0.2, 0) is 11.3 Å². The number of amides is 3. The van der Waals surface area contributed by atoms with E-state index in [2.05, 4.69) is 10.2 Å². The number of nitrogens with zero attached hydrogens (tertiary/aromatic N) is 3. The van der Waals surface area contributed by atoms with E-state index in [9.17, 15) is 9.59 Å². The molecule has 25 heavy (non-hydrogen) atoms. The Morgan fingerprint density at radius 1 is 1.24 bits per heavy atom. The standard InChI is InChI=1S/C19H28N4O2/c1-15(18(24)21(2)14-16-6-4-3-5-7-16)22-11-8-17(9-12-22)23-13-10-20-19(23)25/h3-7,15,17H,8-14H2,1-2H3,(H,20,25). The van der Waals surface area contributed by atoms with E-state index in [0.717, 1.165) is 44.6 Å². The maximum atomic E-state index is 12.7. The van der Waals surface area contributed by atoms with E-state index in [1.54, 1.807) is 4.90 Å². The highest BCUT2D eigenvalue weighted by Crippen LogP contribution is 2.20. The summed E-state index contributed by atoms with van der Waals surface area (Å²) in [4.78, 5) is 30.5. The van der Waals surface area contributed by atoms with Crippen LogP contribution in [0.3, 0.4) is 0 Å². The molecule has 1 unspecified atom stereocenters. The number of carbonyl (C=O) groups excluding carboxylic acids is 2. The number of hydrogen-bond acceptors (Lipinski definition) is 3. The minimum Gasteiger partial charge on any atom is -0.340 e. The third-order valence-corrected chi connectivity index (χ3v) is 5.37. The summed E-state index contributed by atoms with van der Waals surface area (Å²) in [6.07, 6.45) is 1.88. The highest BCUT2D eigenvalue weighted by Gasteiger charge is 2.33. The molecule has 3 amide bonds. The number of hydrogen-bond donors (Lipinski definition) is 1. The molecule has 0 bridgehead atoms. The number of carbonyl (C=O) groups is 2. The summed E-state index contributed by atoms with van der Waals surface area (Å²) in [7, 11) is 1.87. The first-order valence-electron chi connectivity index (χ1n) is 9.13. The lowest BCUT2D eigenvalue weighted by atomic mass is 10.0. The number of rotatable bonds is 5. The zero-order valence-corrected chi connectivity index (χ0v) is 15.1. The molecule has 2 fully saturated rings. The van der Waals surface area contributed by atoms with Crippen LogP contribution in [0, 0.1) is 0 Å². The van der Waals surface area contributed by atoms with Gasteiger partial charge in [0.25, 0.3) is 0 Å². The van der Waals surface area contributed by atoms with Crippen molar-refractivity contribution in [2.45, 2.75) is 38.4 Å². The zero-order valence-electron chi connectivity index (χ0n) is 15.1. The van der Waals surface area contributed by atoms with Crippen LogP contribution in [-0.4, -0.2) is 71.9 Å². The fraction of sp³-hybridized carbons (Fsp3) is 0.579. The first kappa shape index (κ1) is 17.7. The molecule has 1 N–H and O–H groups in total. The van der Waals surface area contributed by atoms with Crippen LogP contribution >= 0.6 is 0 Å². The molecule has 0 spiro atoms. The summed E-state index contributed by atoms with van der Waals surface area (Å²) < 4.78 is 0. The summed E-state index contributed by atoms with van der Waals surface area (Å²) in [6.45, 7) is 5.90. The predicted octanol–water partition coefficient (Wildman–Crippen LogP) is 1.52. The lowest BCUT2D eigenvalue weighted by Crippen LogP contribution is -2.52. The molecular formula is C19H28N4O2. The molecule has 136 valence electrons. The van der Waals surface area contributed by atoms with Crippen molar-refractivity contribution in [2.75, 3.05) is 33.2 Å². The highest BCUT2D eigenvalue weighted by atomic mass is 16.2. The van der Waals surface area contributed by atoms with Gasteiger partial charge in [-0.25, -0.2) is 4.79 Å². The largest absolute Gasteiger partial charge is 0.340 e. The van der Waals surface area contributed by atoms with Crippen molar-refractivity contribution in [3.8, 4) is 0 Å². The second-order valence-electron chi connectivity index (χ2n) is 7.05. The van der Waals surface area contributed by atoms with Crippen molar-refractivity contribution in [2.24, 2.45) is 0 Å². The molecular weight excluding hydrogens is 316 g/mol. The number of nitrogens with one attached hydrogen (secondary N) is 1. The third-order valence-electron chi connectivity index (χ3n) is 5.37. The molecule has 3 rings (SSSR count). The quantitative estimate of drug-likeness (QED) is 0.881. The van der Waals surface area contributed by atoms with E-state index in [0.29, 0.717) is 12.6 Å². The lowest BCUT2D eigenvalue weighted by Gasteiger charge is -2.39. The Morgan fingerprint density at radius 2 is 1.92 bits per heavy atom. The SMILES string of the molecule is CC(C(=O)N(C)Cc1ccccc1)N1CCC(N2CCNC2=O)CC1. The minimum atomic E-state index is -0.123. The van der Waals surface area contributed by atoms with Gasteiger partial charge in [-0.3, -0.25) is 9.69 Å². The van der Waals surface area contributed by atoms with Crippen molar-refractivity contribution in [1.29, 1.82) is 0 Å². The minimum absolute atomic E-state index is 0.0603. The molecule has 0 radical (unpaired) electrons. The fourth-order valence-electron chi connectivity index (χ4n) is 3.83. The van der Waals surface area contributed by atoms with Gasteiger partial charge in [0.05, 0.1) is 6.04 Å². The van der Waals surface area contributed by atoms with Gasteiger partial charge in [0.15, 0.2) is 0 Å².